The Morgan fingerprint density at radius 2 is 1.85 bits per heavy atom. The highest BCUT2D eigenvalue weighted by Gasteiger charge is 2.28. The Bertz CT molecular complexity index is 310. The van der Waals surface area contributed by atoms with Gasteiger partial charge in [-0.25, -0.2) is 4.67 Å². The highest BCUT2D eigenvalue weighted by molar-refractivity contribution is 7.59. The summed E-state index contributed by atoms with van der Waals surface area (Å²) < 4.78 is 15.1. The van der Waals surface area contributed by atoms with Crippen LogP contribution in [0.25, 0.3) is 0 Å². The maximum Gasteiger partial charge on any atom is 0.215 e. The van der Waals surface area contributed by atoms with Crippen molar-refractivity contribution in [3.05, 3.63) is 12.3 Å². The fourth-order valence-corrected chi connectivity index (χ4v) is 4.86. The molecule has 1 unspecified atom stereocenters. The van der Waals surface area contributed by atoms with Gasteiger partial charge in [0, 0.05) is 49.8 Å². The summed E-state index contributed by atoms with van der Waals surface area (Å²) >= 11 is 11.6. The Labute approximate surface area is 133 Å². The predicted molar refractivity (Wildman–Crippen MR) is 91.2 cm³/mol. The molecular weight excluding hydrogens is 316 g/mol. The second-order valence-corrected chi connectivity index (χ2v) is 8.21. The minimum absolute atomic E-state index is 0.449. The number of rotatable bonds is 13. The van der Waals surface area contributed by atoms with Crippen molar-refractivity contribution in [2.45, 2.75) is 26.7 Å². The van der Waals surface area contributed by atoms with E-state index in [1.165, 1.54) is 0 Å². The van der Waals surface area contributed by atoms with E-state index in [4.69, 9.17) is 23.2 Å². The number of halogens is 2. The van der Waals surface area contributed by atoms with Gasteiger partial charge in [0.2, 0.25) is 7.44 Å². The molecule has 0 saturated carbocycles. The topological polar surface area (TPSA) is 44.4 Å². The quantitative estimate of drug-likeness (QED) is 0.305. The van der Waals surface area contributed by atoms with Crippen LogP contribution in [-0.2, 0) is 4.57 Å². The van der Waals surface area contributed by atoms with Gasteiger partial charge < -0.3 is 5.32 Å². The van der Waals surface area contributed by atoms with Crippen LogP contribution in [0.2, 0.25) is 0 Å². The largest absolute Gasteiger partial charge is 0.388 e. The van der Waals surface area contributed by atoms with Gasteiger partial charge in [-0.2, -0.15) is 0 Å². The van der Waals surface area contributed by atoms with Gasteiger partial charge in [0.25, 0.3) is 0 Å². The summed E-state index contributed by atoms with van der Waals surface area (Å²) in [4.78, 5) is 0. The van der Waals surface area contributed by atoms with E-state index in [1.807, 2.05) is 11.6 Å². The summed E-state index contributed by atoms with van der Waals surface area (Å²) in [6, 6.07) is 0. The summed E-state index contributed by atoms with van der Waals surface area (Å²) in [5, 5.41) is 6.37. The molecule has 0 aromatic rings. The van der Waals surface area contributed by atoms with Crippen molar-refractivity contribution in [2.24, 2.45) is 0 Å². The van der Waals surface area contributed by atoms with Crippen LogP contribution >= 0.6 is 30.6 Å². The first-order valence-corrected chi connectivity index (χ1v) is 10.0. The Morgan fingerprint density at radius 3 is 2.30 bits per heavy atom. The van der Waals surface area contributed by atoms with Crippen molar-refractivity contribution in [2.75, 3.05) is 44.1 Å². The molecule has 0 fully saturated rings. The van der Waals surface area contributed by atoms with Gasteiger partial charge in [0.15, 0.2) is 0 Å². The summed E-state index contributed by atoms with van der Waals surface area (Å²) in [6.07, 6.45) is 2.62. The lowest BCUT2D eigenvalue weighted by Gasteiger charge is -2.31. The first-order valence-electron chi connectivity index (χ1n) is 7.11. The van der Waals surface area contributed by atoms with Crippen LogP contribution < -0.4 is 10.4 Å². The lowest BCUT2D eigenvalue weighted by Crippen LogP contribution is -2.35. The average molecular weight is 344 g/mol. The minimum Gasteiger partial charge on any atom is -0.388 e. The first-order chi connectivity index (χ1) is 9.50. The lowest BCUT2D eigenvalue weighted by molar-refractivity contribution is 0.433. The van der Waals surface area contributed by atoms with E-state index in [0.29, 0.717) is 37.6 Å². The van der Waals surface area contributed by atoms with Crippen molar-refractivity contribution in [1.82, 2.24) is 15.1 Å². The van der Waals surface area contributed by atoms with Crippen LogP contribution in [0.1, 0.15) is 26.7 Å². The van der Waals surface area contributed by atoms with Crippen LogP contribution in [0.3, 0.4) is 0 Å². The third kappa shape index (κ3) is 8.53. The number of alkyl halides is 2. The molecule has 0 spiro atoms. The Kier molecular flexibility index (Phi) is 12.0. The summed E-state index contributed by atoms with van der Waals surface area (Å²) in [5.41, 5.74) is 0.881. The zero-order chi connectivity index (χ0) is 15.4. The highest BCUT2D eigenvalue weighted by Crippen LogP contribution is 2.44. The molecule has 120 valence electrons. The standard InChI is InChI=1S/C13H28Cl2N3OP/c1-4-5-8-17-20(19,12-9-16-13(2)3)18(10-6-14)11-7-15/h16H,2,4-12H2,1,3H3,(H,17,19). The molecule has 0 aliphatic carbocycles. The van der Waals surface area contributed by atoms with Gasteiger partial charge in [-0.05, 0) is 13.3 Å². The molecule has 2 N–H and O–H groups in total. The van der Waals surface area contributed by atoms with E-state index in [-0.39, 0.29) is 0 Å². The predicted octanol–water partition coefficient (Wildman–Crippen LogP) is 3.47. The summed E-state index contributed by atoms with van der Waals surface area (Å²) in [6.45, 7) is 10.3. The third-order valence-corrected chi connectivity index (χ3v) is 6.07. The molecule has 0 saturated heterocycles. The average Bonchev–Trinajstić information content (AvgIpc) is 2.38. The fraction of sp³-hybridized carbons (Fsp3) is 0.846. The molecule has 0 heterocycles. The minimum atomic E-state index is -2.64. The highest BCUT2D eigenvalue weighted by atomic mass is 35.5. The van der Waals surface area contributed by atoms with Crippen LogP contribution in [0.15, 0.2) is 12.3 Å². The molecule has 1 atom stereocenters. The number of hydrogen-bond donors (Lipinski definition) is 2. The fourth-order valence-electron chi connectivity index (χ4n) is 1.80. The van der Waals surface area contributed by atoms with Crippen molar-refractivity contribution in [1.29, 1.82) is 0 Å². The smallest absolute Gasteiger partial charge is 0.215 e. The van der Waals surface area contributed by atoms with Crippen molar-refractivity contribution in [3.63, 3.8) is 0 Å². The summed E-state index contributed by atoms with van der Waals surface area (Å²) in [5.74, 6) is 0.897. The second-order valence-electron chi connectivity index (χ2n) is 4.73. The first kappa shape index (κ1) is 20.3. The van der Waals surface area contributed by atoms with Crippen LogP contribution in [0, 0.1) is 0 Å². The monoisotopic (exact) mass is 343 g/mol. The Hall–Kier alpha value is 0.270. The maximum absolute atomic E-state index is 13.2. The summed E-state index contributed by atoms with van der Waals surface area (Å²) in [7, 11) is -2.64. The molecular formula is C13H28Cl2N3OP. The van der Waals surface area contributed by atoms with Gasteiger partial charge in [0.05, 0.1) is 0 Å². The van der Waals surface area contributed by atoms with E-state index >= 15 is 0 Å². The van der Waals surface area contributed by atoms with Crippen LogP contribution in [0.5, 0.6) is 0 Å². The molecule has 0 radical (unpaired) electrons. The van der Waals surface area contributed by atoms with E-state index in [2.05, 4.69) is 23.9 Å². The van der Waals surface area contributed by atoms with E-state index in [1.54, 1.807) is 0 Å². The van der Waals surface area contributed by atoms with Gasteiger partial charge in [0.1, 0.15) is 0 Å². The van der Waals surface area contributed by atoms with E-state index in [0.717, 1.165) is 25.1 Å². The number of unbranched alkanes of at least 4 members (excludes halogenated alkanes) is 1. The van der Waals surface area contributed by atoms with Gasteiger partial charge in [-0.1, -0.05) is 19.9 Å². The van der Waals surface area contributed by atoms with Crippen molar-refractivity contribution in [3.8, 4) is 0 Å². The zero-order valence-corrected chi connectivity index (χ0v) is 15.0. The molecule has 0 aromatic carbocycles. The van der Waals surface area contributed by atoms with Crippen LogP contribution in [-0.4, -0.2) is 48.8 Å². The number of hydrogen-bond acceptors (Lipinski definition) is 2. The zero-order valence-electron chi connectivity index (χ0n) is 12.6. The van der Waals surface area contributed by atoms with Gasteiger partial charge >= 0.3 is 0 Å². The van der Waals surface area contributed by atoms with Gasteiger partial charge in [-0.3, -0.25) is 9.65 Å². The van der Waals surface area contributed by atoms with E-state index in [9.17, 15) is 4.57 Å². The molecule has 0 aliphatic heterocycles. The van der Waals surface area contributed by atoms with E-state index < -0.39 is 7.44 Å². The molecule has 0 aromatic heterocycles. The molecule has 0 bridgehead atoms. The second kappa shape index (κ2) is 11.9. The molecule has 0 amide bonds. The number of allylic oxidation sites excluding steroid dienone is 1. The maximum atomic E-state index is 13.2. The normalized spacial score (nSPS) is 14.2. The number of nitrogens with one attached hydrogen (secondary N) is 2. The molecule has 0 aliphatic rings. The Morgan fingerprint density at radius 1 is 1.25 bits per heavy atom. The van der Waals surface area contributed by atoms with Crippen molar-refractivity contribution >= 4 is 30.6 Å². The lowest BCUT2D eigenvalue weighted by atomic mass is 10.3. The van der Waals surface area contributed by atoms with Crippen LogP contribution in [0.4, 0.5) is 0 Å². The Balaban J connectivity index is 4.70. The van der Waals surface area contributed by atoms with Crippen molar-refractivity contribution < 1.29 is 4.57 Å². The number of nitrogens with zero attached hydrogens (tertiary/aromatic N) is 1. The van der Waals surface area contributed by atoms with Gasteiger partial charge in [-0.15, -0.1) is 23.2 Å². The third-order valence-electron chi connectivity index (χ3n) is 2.87. The molecule has 20 heavy (non-hydrogen) atoms. The molecule has 7 heteroatoms. The molecule has 4 nitrogen and oxygen atoms in total. The molecule has 0 rings (SSSR count). The SMILES string of the molecule is C=C(C)NCCP(=O)(NCCCC)N(CCCl)CCCl.